The van der Waals surface area contributed by atoms with Crippen molar-refractivity contribution < 1.29 is 31.4 Å². The summed E-state index contributed by atoms with van der Waals surface area (Å²) >= 11 is 1.17. The molecule has 0 atom stereocenters. The van der Waals surface area contributed by atoms with Gasteiger partial charge in [-0.25, -0.2) is 0 Å². The minimum Gasteiger partial charge on any atom is -0.392 e. The van der Waals surface area contributed by atoms with Crippen LogP contribution in [0.2, 0.25) is 0 Å². The number of hydrogen-bond acceptors (Lipinski definition) is 1. The van der Waals surface area contributed by atoms with Crippen molar-refractivity contribution in [1.82, 2.24) is 0 Å². The van der Waals surface area contributed by atoms with Gasteiger partial charge in [-0.2, -0.15) is 26.3 Å². The van der Waals surface area contributed by atoms with Gasteiger partial charge in [-0.15, -0.1) is 0 Å². The van der Waals surface area contributed by atoms with E-state index in [4.69, 9.17) is 5.11 Å². The molecule has 0 heterocycles. The van der Waals surface area contributed by atoms with E-state index in [9.17, 15) is 26.3 Å². The quantitative estimate of drug-likeness (QED) is 0.589. The number of rotatable bonds is 1. The van der Waals surface area contributed by atoms with Crippen LogP contribution in [0.1, 0.15) is 16.7 Å². The number of hydrogen-bond donors (Lipinski definition) is 1. The van der Waals surface area contributed by atoms with Crippen molar-refractivity contribution in [2.75, 3.05) is 0 Å². The van der Waals surface area contributed by atoms with Crippen molar-refractivity contribution >= 4 is 22.6 Å². The Labute approximate surface area is 106 Å². The zero-order chi connectivity index (χ0) is 13.4. The number of benzene rings is 1. The molecular weight excluding hydrogens is 365 g/mol. The van der Waals surface area contributed by atoms with E-state index in [2.05, 4.69) is 0 Å². The first kappa shape index (κ1) is 14.6. The molecule has 1 N–H and O–H groups in total. The minimum atomic E-state index is -5.12. The Hall–Kier alpha value is -0.510. The lowest BCUT2D eigenvalue weighted by Gasteiger charge is -2.18. The highest BCUT2D eigenvalue weighted by atomic mass is 127. The highest BCUT2D eigenvalue weighted by molar-refractivity contribution is 14.1. The molecule has 0 amide bonds. The van der Waals surface area contributed by atoms with Gasteiger partial charge in [0.15, 0.2) is 0 Å². The first-order chi connectivity index (χ1) is 7.57. The summed E-state index contributed by atoms with van der Waals surface area (Å²) in [6.45, 7) is -0.753. The lowest BCUT2D eigenvalue weighted by molar-refractivity contribution is -0.162. The third-order valence-electron chi connectivity index (χ3n) is 1.92. The maximum atomic E-state index is 12.5. The summed E-state index contributed by atoms with van der Waals surface area (Å²) in [7, 11) is 0. The van der Waals surface area contributed by atoms with Gasteiger partial charge in [0, 0.05) is 3.57 Å². The van der Waals surface area contributed by atoms with E-state index in [1.54, 1.807) is 0 Å². The van der Waals surface area contributed by atoms with Gasteiger partial charge in [-0.1, -0.05) is 0 Å². The summed E-state index contributed by atoms with van der Waals surface area (Å²) in [4.78, 5) is 0. The van der Waals surface area contributed by atoms with Gasteiger partial charge in [-0.3, -0.25) is 0 Å². The van der Waals surface area contributed by atoms with Crippen LogP contribution in [0.15, 0.2) is 12.1 Å². The van der Waals surface area contributed by atoms with Crippen molar-refractivity contribution in [2.45, 2.75) is 19.0 Å². The molecule has 0 saturated heterocycles. The Morgan fingerprint density at radius 2 is 1.53 bits per heavy atom. The smallest absolute Gasteiger partial charge is 0.392 e. The normalized spacial score (nSPS) is 12.9. The van der Waals surface area contributed by atoms with E-state index in [1.807, 2.05) is 0 Å². The zero-order valence-corrected chi connectivity index (χ0v) is 10.1. The molecule has 0 spiro atoms. The van der Waals surface area contributed by atoms with Crippen LogP contribution in [0, 0.1) is 3.57 Å². The Morgan fingerprint density at radius 3 is 1.88 bits per heavy atom. The van der Waals surface area contributed by atoms with Crippen molar-refractivity contribution in [1.29, 1.82) is 0 Å². The SMILES string of the molecule is OCc1cc(I)c(C(F)(F)F)c(C(F)(F)F)c1. The average molecular weight is 370 g/mol. The van der Waals surface area contributed by atoms with E-state index in [0.29, 0.717) is 6.07 Å². The summed E-state index contributed by atoms with van der Waals surface area (Å²) in [5, 5.41) is 8.69. The summed E-state index contributed by atoms with van der Waals surface area (Å²) in [6.07, 6.45) is -10.2. The third-order valence-corrected chi connectivity index (χ3v) is 2.77. The largest absolute Gasteiger partial charge is 0.418 e. The van der Waals surface area contributed by atoms with E-state index in [-0.39, 0.29) is 5.56 Å². The van der Waals surface area contributed by atoms with E-state index < -0.39 is 33.7 Å². The van der Waals surface area contributed by atoms with Crippen LogP contribution < -0.4 is 0 Å². The fourth-order valence-corrected chi connectivity index (χ4v) is 2.26. The summed E-state index contributed by atoms with van der Waals surface area (Å²) in [5.74, 6) is 0. The van der Waals surface area contributed by atoms with Gasteiger partial charge in [0.1, 0.15) is 0 Å². The Bertz CT molecular complexity index is 423. The van der Waals surface area contributed by atoms with Crippen molar-refractivity contribution in [3.05, 3.63) is 32.4 Å². The van der Waals surface area contributed by atoms with Gasteiger partial charge in [-0.05, 0) is 40.3 Å². The minimum absolute atomic E-state index is 0.213. The van der Waals surface area contributed by atoms with E-state index >= 15 is 0 Å². The Balaban J connectivity index is 3.58. The topological polar surface area (TPSA) is 20.2 Å². The fraction of sp³-hybridized carbons (Fsp3) is 0.333. The van der Waals surface area contributed by atoms with Crippen molar-refractivity contribution in [3.8, 4) is 0 Å². The number of aliphatic hydroxyl groups excluding tert-OH is 1. The maximum absolute atomic E-state index is 12.5. The second-order valence-electron chi connectivity index (χ2n) is 3.15. The second-order valence-corrected chi connectivity index (χ2v) is 4.32. The van der Waals surface area contributed by atoms with Crippen molar-refractivity contribution in [2.24, 2.45) is 0 Å². The van der Waals surface area contributed by atoms with Gasteiger partial charge in [0.25, 0.3) is 0 Å². The van der Waals surface area contributed by atoms with Crippen LogP contribution in [0.5, 0.6) is 0 Å². The molecule has 0 aliphatic rings. The second kappa shape index (κ2) is 4.63. The van der Waals surface area contributed by atoms with Crippen LogP contribution in [-0.2, 0) is 19.0 Å². The molecule has 1 nitrogen and oxygen atoms in total. The van der Waals surface area contributed by atoms with Crippen LogP contribution in [0.4, 0.5) is 26.3 Å². The molecule has 0 aliphatic heterocycles. The average Bonchev–Trinajstić information content (AvgIpc) is 2.12. The van der Waals surface area contributed by atoms with Gasteiger partial charge < -0.3 is 5.11 Å². The highest BCUT2D eigenvalue weighted by Gasteiger charge is 2.44. The molecule has 1 aromatic carbocycles. The third kappa shape index (κ3) is 3.24. The molecular formula is C9H5F6IO. The van der Waals surface area contributed by atoms with E-state index in [1.165, 1.54) is 22.6 Å². The molecule has 0 radical (unpaired) electrons. The van der Waals surface area contributed by atoms with Crippen LogP contribution >= 0.6 is 22.6 Å². The molecule has 0 fully saturated rings. The first-order valence-electron chi connectivity index (χ1n) is 4.15. The Kier molecular flexibility index (Phi) is 3.97. The fourth-order valence-electron chi connectivity index (χ4n) is 1.27. The van der Waals surface area contributed by atoms with Gasteiger partial charge in [0.2, 0.25) is 0 Å². The molecule has 0 aromatic heterocycles. The number of aliphatic hydroxyl groups is 1. The Morgan fingerprint density at radius 1 is 1.00 bits per heavy atom. The number of alkyl halides is 6. The predicted molar refractivity (Wildman–Crippen MR) is 55.1 cm³/mol. The lowest BCUT2D eigenvalue weighted by Crippen LogP contribution is -2.19. The summed E-state index contributed by atoms with van der Waals surface area (Å²) in [6, 6.07) is 1.18. The molecule has 0 unspecified atom stereocenters. The molecule has 0 saturated carbocycles. The summed E-state index contributed by atoms with van der Waals surface area (Å²) in [5.41, 5.74) is -3.71. The molecule has 17 heavy (non-hydrogen) atoms. The van der Waals surface area contributed by atoms with Gasteiger partial charge >= 0.3 is 12.4 Å². The lowest BCUT2D eigenvalue weighted by atomic mass is 10.0. The molecule has 8 heteroatoms. The van der Waals surface area contributed by atoms with Crippen LogP contribution in [0.3, 0.4) is 0 Å². The molecule has 96 valence electrons. The highest BCUT2D eigenvalue weighted by Crippen LogP contribution is 2.42. The number of halogens is 7. The molecule has 0 aliphatic carbocycles. The first-order valence-corrected chi connectivity index (χ1v) is 5.23. The molecule has 1 aromatic rings. The predicted octanol–water partition coefficient (Wildman–Crippen LogP) is 3.82. The maximum Gasteiger partial charge on any atom is 0.418 e. The molecule has 1 rings (SSSR count). The van der Waals surface area contributed by atoms with Crippen LogP contribution in [-0.4, -0.2) is 5.11 Å². The monoisotopic (exact) mass is 370 g/mol. The summed E-state index contributed by atoms with van der Waals surface area (Å²) < 4.78 is 74.4. The standard InChI is InChI=1S/C9H5F6IO/c10-8(11,12)5-1-4(3-17)2-6(16)7(5)9(13,14)15/h1-2,17H,3H2. The van der Waals surface area contributed by atoms with Gasteiger partial charge in [0.05, 0.1) is 17.7 Å². The zero-order valence-electron chi connectivity index (χ0n) is 7.95. The van der Waals surface area contributed by atoms with Crippen molar-refractivity contribution in [3.63, 3.8) is 0 Å². The molecule has 0 bridgehead atoms. The van der Waals surface area contributed by atoms with E-state index in [0.717, 1.165) is 6.07 Å². The van der Waals surface area contributed by atoms with Crippen LogP contribution in [0.25, 0.3) is 0 Å².